The molecule has 0 unspecified atom stereocenters. The third-order valence-electron chi connectivity index (χ3n) is 15.7. The second-order valence-corrected chi connectivity index (χ2v) is 26.7. The van der Waals surface area contributed by atoms with Crippen LogP contribution in [0.4, 0.5) is 22.7 Å². The van der Waals surface area contributed by atoms with E-state index in [1.165, 1.54) is 33.4 Å². The standard InChI is InChI=1S/C74H75N4O.Pt/c1-70(2,3)51-36-37-56(61(42-51)73(10,11)12)49-32-34-50(35-33-49)59-41-53(72(7,8)9)40-58(48-24-17-16-18-25-48)69(59)77-47-76(64-30-21-22-31-65(64)77)54-26-23-27-55(44-54)79-67-46-66-60(45-62(67)74(13,14)15)57-28-19-20-29-63(57)78(66)68-43-52(38-39-75-68)71(4,5)6;/h16-43,45,47H,1-15H3;/q-3;. The van der Waals surface area contributed by atoms with E-state index in [0.717, 1.165) is 78.2 Å². The summed E-state index contributed by atoms with van der Waals surface area (Å²) < 4.78 is 9.33. The quantitative estimate of drug-likeness (QED) is 0.142. The molecule has 5 nitrogen and oxygen atoms in total. The Bertz CT molecular complexity index is 3930. The van der Waals surface area contributed by atoms with Gasteiger partial charge >= 0.3 is 0 Å². The van der Waals surface area contributed by atoms with Crippen molar-refractivity contribution in [3.8, 4) is 50.7 Å². The number of fused-ring (bicyclic) bond motifs is 4. The van der Waals surface area contributed by atoms with E-state index in [2.05, 4.69) is 301 Å². The number of pyridine rings is 1. The van der Waals surface area contributed by atoms with Crippen molar-refractivity contribution in [2.45, 2.75) is 131 Å². The first-order valence-electron chi connectivity index (χ1n) is 28.0. The van der Waals surface area contributed by atoms with Gasteiger partial charge in [0.15, 0.2) is 0 Å². The Morgan fingerprint density at radius 1 is 0.438 bits per heavy atom. The van der Waals surface area contributed by atoms with E-state index in [4.69, 9.17) is 9.72 Å². The number of anilines is 4. The van der Waals surface area contributed by atoms with Crippen LogP contribution in [0, 0.1) is 18.8 Å². The van der Waals surface area contributed by atoms with Crippen molar-refractivity contribution in [3.05, 3.63) is 223 Å². The second kappa shape index (κ2) is 20.7. The minimum atomic E-state index is -0.266. The zero-order valence-electron chi connectivity index (χ0n) is 49.3. The zero-order chi connectivity index (χ0) is 56.0. The van der Waals surface area contributed by atoms with Crippen molar-refractivity contribution in [2.24, 2.45) is 0 Å². The molecule has 0 N–H and O–H groups in total. The largest absolute Gasteiger partial charge is 0.509 e. The van der Waals surface area contributed by atoms with Crippen LogP contribution in [0.5, 0.6) is 11.5 Å². The molecule has 0 saturated heterocycles. The van der Waals surface area contributed by atoms with Crippen molar-refractivity contribution in [2.75, 3.05) is 9.80 Å². The second-order valence-electron chi connectivity index (χ2n) is 26.7. The number of hydrogen-bond donors (Lipinski definition) is 0. The summed E-state index contributed by atoms with van der Waals surface area (Å²) in [5.41, 5.74) is 19.0. The van der Waals surface area contributed by atoms with Gasteiger partial charge < -0.3 is 19.1 Å². The molecule has 80 heavy (non-hydrogen) atoms. The van der Waals surface area contributed by atoms with Gasteiger partial charge in [-0.1, -0.05) is 218 Å². The van der Waals surface area contributed by atoms with Crippen LogP contribution in [-0.4, -0.2) is 9.55 Å². The number of hydrogen-bond acceptors (Lipinski definition) is 4. The average Bonchev–Trinajstić information content (AvgIpc) is 3.97. The van der Waals surface area contributed by atoms with Crippen LogP contribution in [0.1, 0.15) is 132 Å². The van der Waals surface area contributed by atoms with Crippen LogP contribution in [0.25, 0.3) is 61.0 Å². The molecule has 0 bridgehead atoms. The van der Waals surface area contributed by atoms with Gasteiger partial charge in [-0.3, -0.25) is 0 Å². The third kappa shape index (κ3) is 10.7. The maximum atomic E-state index is 7.10. The van der Waals surface area contributed by atoms with E-state index in [1.807, 2.05) is 12.3 Å². The predicted molar refractivity (Wildman–Crippen MR) is 334 cm³/mol. The first-order chi connectivity index (χ1) is 37.3. The normalized spacial score (nSPS) is 13.2. The minimum absolute atomic E-state index is 0. The van der Waals surface area contributed by atoms with Crippen LogP contribution < -0.4 is 14.5 Å². The fourth-order valence-electron chi connectivity index (χ4n) is 11.1. The number of benzene rings is 8. The summed E-state index contributed by atoms with van der Waals surface area (Å²) >= 11 is 0. The van der Waals surface area contributed by atoms with E-state index >= 15 is 0 Å². The summed E-state index contributed by atoms with van der Waals surface area (Å²) in [7, 11) is 0. The first-order valence-corrected chi connectivity index (χ1v) is 28.0. The molecular weight excluding hydrogens is 1160 g/mol. The van der Waals surface area contributed by atoms with Gasteiger partial charge in [0.2, 0.25) is 0 Å². The van der Waals surface area contributed by atoms with Crippen LogP contribution in [0.2, 0.25) is 0 Å². The predicted octanol–water partition coefficient (Wildman–Crippen LogP) is 20.5. The summed E-state index contributed by atoms with van der Waals surface area (Å²) in [6.45, 7) is 36.5. The molecule has 0 spiro atoms. The van der Waals surface area contributed by atoms with Gasteiger partial charge in [0.25, 0.3) is 0 Å². The number of aromatic nitrogens is 2. The Morgan fingerprint density at radius 3 is 1.62 bits per heavy atom. The molecule has 410 valence electrons. The number of rotatable bonds is 8. The van der Waals surface area contributed by atoms with Crippen molar-refractivity contribution in [3.63, 3.8) is 0 Å². The van der Waals surface area contributed by atoms with E-state index in [9.17, 15) is 0 Å². The fraction of sp³-hybridized carbons (Fsp3) is 0.270. The average molecular weight is 1230 g/mol. The molecule has 1 aliphatic heterocycles. The van der Waals surface area contributed by atoms with Gasteiger partial charge in [0.1, 0.15) is 5.82 Å². The van der Waals surface area contributed by atoms with Crippen molar-refractivity contribution >= 4 is 44.6 Å². The Balaban J connectivity index is 0.00000720. The smallest absolute Gasteiger partial charge is 0.135 e. The van der Waals surface area contributed by atoms with Crippen LogP contribution in [-0.2, 0) is 48.1 Å². The van der Waals surface area contributed by atoms with Crippen LogP contribution in [0.15, 0.2) is 176 Å². The summed E-state index contributed by atoms with van der Waals surface area (Å²) in [4.78, 5) is 9.60. The van der Waals surface area contributed by atoms with E-state index < -0.39 is 0 Å². The number of para-hydroxylation sites is 3. The molecule has 0 fully saturated rings. The topological polar surface area (TPSA) is 33.5 Å². The molecule has 11 rings (SSSR count). The molecule has 1 aliphatic rings. The van der Waals surface area contributed by atoms with Crippen molar-refractivity contribution < 1.29 is 25.8 Å². The van der Waals surface area contributed by atoms with Crippen molar-refractivity contribution in [1.82, 2.24) is 9.55 Å². The molecular formula is C74H75N4OPt-3. The molecule has 6 heteroatoms. The molecule has 8 aromatic carbocycles. The molecule has 0 amide bonds. The summed E-state index contributed by atoms with van der Waals surface area (Å²) in [5, 5.41) is 2.26. The Morgan fingerprint density at radius 2 is 1.00 bits per heavy atom. The zero-order valence-corrected chi connectivity index (χ0v) is 51.6. The van der Waals surface area contributed by atoms with Crippen LogP contribution in [0.3, 0.4) is 0 Å². The third-order valence-corrected chi connectivity index (χ3v) is 15.7. The van der Waals surface area contributed by atoms with Gasteiger partial charge in [-0.15, -0.1) is 47.6 Å². The van der Waals surface area contributed by atoms with Crippen LogP contribution >= 0.6 is 0 Å². The molecule has 0 atom stereocenters. The molecule has 3 heterocycles. The fourth-order valence-corrected chi connectivity index (χ4v) is 11.1. The monoisotopic (exact) mass is 1230 g/mol. The molecule has 10 aromatic rings. The SMILES string of the molecule is CC(C)(C)c1ccnc(-n2c3[c-]c(Oc4[c-]c(N5[CH-]N(c6c(-c7ccccc7)cc(C(C)(C)C)cc6-c6ccc(-c7ccc(C(C)(C)C)cc7C(C)(C)C)cc6)c6ccccc65)ccc4)c(C(C)(C)C)cc3c3ccccc32)c1.[Pt]. The Labute approximate surface area is 491 Å². The molecule has 0 aliphatic carbocycles. The number of ether oxygens (including phenoxy) is 1. The van der Waals surface area contributed by atoms with Gasteiger partial charge in [-0.25, -0.2) is 4.98 Å². The van der Waals surface area contributed by atoms with Gasteiger partial charge in [-0.2, -0.15) is 12.1 Å². The molecule has 0 radical (unpaired) electrons. The van der Waals surface area contributed by atoms with Crippen molar-refractivity contribution in [1.29, 1.82) is 0 Å². The van der Waals surface area contributed by atoms with Gasteiger partial charge in [0.05, 0.1) is 0 Å². The van der Waals surface area contributed by atoms with Gasteiger partial charge in [0, 0.05) is 72.5 Å². The van der Waals surface area contributed by atoms with E-state index in [-0.39, 0.29) is 48.1 Å². The van der Waals surface area contributed by atoms with E-state index in [0.29, 0.717) is 11.5 Å². The van der Waals surface area contributed by atoms with Gasteiger partial charge in [-0.05, 0) is 114 Å². The Kier molecular flexibility index (Phi) is 14.5. The van der Waals surface area contributed by atoms with E-state index in [1.54, 1.807) is 0 Å². The summed E-state index contributed by atoms with van der Waals surface area (Å²) in [6, 6.07) is 69.7. The maximum absolute atomic E-state index is 7.10. The Hall–Kier alpha value is -7.20. The number of nitrogens with zero attached hydrogens (tertiary/aromatic N) is 4. The minimum Gasteiger partial charge on any atom is -0.509 e. The maximum Gasteiger partial charge on any atom is 0.135 e. The molecule has 0 saturated carbocycles. The molecule has 2 aromatic heterocycles. The summed E-state index contributed by atoms with van der Waals surface area (Å²) in [6.07, 6.45) is 1.92. The first kappa shape index (κ1) is 56.1. The summed E-state index contributed by atoms with van der Waals surface area (Å²) in [5.74, 6) is 2.11.